The average molecular weight is 339 g/mol. The number of benzene rings is 2. The number of aliphatic hydroxyl groups excluding tert-OH is 1. The fourth-order valence-electron chi connectivity index (χ4n) is 3.19. The number of hydrogen-bond donors (Lipinski definition) is 2. The zero-order valence-electron chi connectivity index (χ0n) is 15.0. The van der Waals surface area contributed by atoms with Crippen molar-refractivity contribution in [3.05, 3.63) is 59.3 Å². The molecule has 5 heteroatoms. The van der Waals surface area contributed by atoms with E-state index < -0.39 is 6.10 Å². The van der Waals surface area contributed by atoms with Crippen molar-refractivity contribution in [2.45, 2.75) is 26.0 Å². The van der Waals surface area contributed by atoms with Gasteiger partial charge in [0.1, 0.15) is 0 Å². The van der Waals surface area contributed by atoms with Gasteiger partial charge in [0.05, 0.1) is 24.5 Å². The summed E-state index contributed by atoms with van der Waals surface area (Å²) in [5.41, 5.74) is 2.99. The number of ether oxygens (including phenoxy) is 1. The lowest BCUT2D eigenvalue weighted by Gasteiger charge is -2.14. The molecule has 0 fully saturated rings. The fourth-order valence-corrected chi connectivity index (χ4v) is 3.19. The van der Waals surface area contributed by atoms with Crippen molar-refractivity contribution in [2.75, 3.05) is 13.7 Å². The Bertz CT molecular complexity index is 857. The predicted octanol–water partition coefficient (Wildman–Crippen LogP) is 2.97. The summed E-state index contributed by atoms with van der Waals surface area (Å²) in [6.45, 7) is 3.17. The molecule has 0 amide bonds. The molecule has 0 saturated heterocycles. The zero-order valence-corrected chi connectivity index (χ0v) is 15.0. The Hall–Kier alpha value is -2.37. The molecular weight excluding hydrogens is 314 g/mol. The van der Waals surface area contributed by atoms with Crippen molar-refractivity contribution < 1.29 is 9.84 Å². The van der Waals surface area contributed by atoms with Crippen molar-refractivity contribution in [1.29, 1.82) is 0 Å². The summed E-state index contributed by atoms with van der Waals surface area (Å²) < 4.78 is 7.21. The minimum absolute atomic E-state index is 0.472. The maximum absolute atomic E-state index is 10.5. The lowest BCUT2D eigenvalue weighted by atomic mass is 10.0. The minimum atomic E-state index is -0.558. The molecule has 1 aromatic heterocycles. The third kappa shape index (κ3) is 3.67. The third-order valence-corrected chi connectivity index (χ3v) is 4.50. The minimum Gasteiger partial charge on any atom is -0.481 e. The largest absolute Gasteiger partial charge is 0.481 e. The first kappa shape index (κ1) is 17.5. The Morgan fingerprint density at radius 3 is 2.68 bits per heavy atom. The second-order valence-electron chi connectivity index (χ2n) is 6.16. The normalized spacial score (nSPS) is 12.5. The number of aromatic nitrogens is 2. The molecule has 0 spiro atoms. The van der Waals surface area contributed by atoms with E-state index in [4.69, 9.17) is 4.74 Å². The summed E-state index contributed by atoms with van der Waals surface area (Å²) in [7, 11) is 3.54. The predicted molar refractivity (Wildman–Crippen MR) is 99.8 cm³/mol. The highest BCUT2D eigenvalue weighted by atomic mass is 16.5. The van der Waals surface area contributed by atoms with Crippen LogP contribution in [0.15, 0.2) is 42.5 Å². The molecule has 3 rings (SSSR count). The Labute approximate surface area is 148 Å². The van der Waals surface area contributed by atoms with E-state index >= 15 is 0 Å². The maximum atomic E-state index is 10.5. The van der Waals surface area contributed by atoms with Gasteiger partial charge in [0.25, 0.3) is 0 Å². The van der Waals surface area contributed by atoms with Gasteiger partial charge in [-0.05, 0) is 28.8 Å². The first-order chi connectivity index (χ1) is 12.1. The highest BCUT2D eigenvalue weighted by molar-refractivity contribution is 5.83. The quantitative estimate of drug-likeness (QED) is 0.695. The summed E-state index contributed by atoms with van der Waals surface area (Å²) >= 11 is 0. The van der Waals surface area contributed by atoms with Gasteiger partial charge in [0, 0.05) is 20.1 Å². The average Bonchev–Trinajstić information content (AvgIpc) is 2.95. The first-order valence-electron chi connectivity index (χ1n) is 8.60. The van der Waals surface area contributed by atoms with Crippen LogP contribution < -0.4 is 10.1 Å². The molecule has 0 radical (unpaired) electrons. The van der Waals surface area contributed by atoms with Crippen molar-refractivity contribution in [3.8, 4) is 5.88 Å². The highest BCUT2D eigenvalue weighted by Gasteiger charge is 2.16. The number of methoxy groups -OCH3 is 1. The Morgan fingerprint density at radius 1 is 1.20 bits per heavy atom. The highest BCUT2D eigenvalue weighted by Crippen LogP contribution is 2.23. The molecule has 0 bridgehead atoms. The molecule has 1 atom stereocenters. The van der Waals surface area contributed by atoms with Crippen LogP contribution in [-0.4, -0.2) is 28.5 Å². The van der Waals surface area contributed by atoms with E-state index in [2.05, 4.69) is 29.5 Å². The van der Waals surface area contributed by atoms with Gasteiger partial charge < -0.3 is 15.2 Å². The summed E-state index contributed by atoms with van der Waals surface area (Å²) in [6.07, 6.45) is 0.291. The second kappa shape index (κ2) is 7.68. The standard InChI is InChI=1S/C20H25N3O2/c1-4-18-17(20(25-3)23(2)22-18)12-21-13-19(24)16-10-9-14-7-5-6-8-15(14)11-16/h5-11,19,21,24H,4,12-13H2,1-3H3. The molecule has 1 heterocycles. The van der Waals surface area contributed by atoms with Crippen LogP contribution in [0.2, 0.25) is 0 Å². The molecule has 132 valence electrons. The molecule has 5 nitrogen and oxygen atoms in total. The van der Waals surface area contributed by atoms with Crippen LogP contribution in [0.4, 0.5) is 0 Å². The molecule has 0 saturated carbocycles. The van der Waals surface area contributed by atoms with Crippen LogP contribution in [0.1, 0.15) is 29.8 Å². The molecule has 25 heavy (non-hydrogen) atoms. The Balaban J connectivity index is 1.67. The number of aryl methyl sites for hydroxylation is 2. The second-order valence-corrected chi connectivity index (χ2v) is 6.16. The van der Waals surface area contributed by atoms with Crippen LogP contribution in [-0.2, 0) is 20.0 Å². The summed E-state index contributed by atoms with van der Waals surface area (Å²) in [5.74, 6) is 0.768. The van der Waals surface area contributed by atoms with E-state index in [1.54, 1.807) is 11.8 Å². The molecule has 0 aliphatic carbocycles. The lowest BCUT2D eigenvalue weighted by molar-refractivity contribution is 0.174. The summed E-state index contributed by atoms with van der Waals surface area (Å²) in [5, 5.41) is 20.6. The molecule has 3 aromatic rings. The fraction of sp³-hybridized carbons (Fsp3) is 0.350. The van der Waals surface area contributed by atoms with Crippen LogP contribution in [0.5, 0.6) is 5.88 Å². The number of nitrogens with zero attached hydrogens (tertiary/aromatic N) is 2. The van der Waals surface area contributed by atoms with Gasteiger partial charge in [-0.2, -0.15) is 5.10 Å². The lowest BCUT2D eigenvalue weighted by Crippen LogP contribution is -2.21. The Kier molecular flexibility index (Phi) is 5.36. The van der Waals surface area contributed by atoms with Crippen LogP contribution in [0, 0.1) is 0 Å². The van der Waals surface area contributed by atoms with Crippen molar-refractivity contribution in [1.82, 2.24) is 15.1 Å². The monoisotopic (exact) mass is 339 g/mol. The number of rotatable bonds is 7. The van der Waals surface area contributed by atoms with E-state index in [9.17, 15) is 5.11 Å². The first-order valence-corrected chi connectivity index (χ1v) is 8.60. The van der Waals surface area contributed by atoms with Crippen molar-refractivity contribution in [3.63, 3.8) is 0 Å². The SMILES string of the molecule is CCc1nn(C)c(OC)c1CNCC(O)c1ccc2ccccc2c1. The molecule has 0 aliphatic heterocycles. The molecule has 1 unspecified atom stereocenters. The number of nitrogens with one attached hydrogen (secondary N) is 1. The van der Waals surface area contributed by atoms with Crippen molar-refractivity contribution >= 4 is 10.8 Å². The van der Waals surface area contributed by atoms with E-state index in [0.29, 0.717) is 13.1 Å². The van der Waals surface area contributed by atoms with Crippen molar-refractivity contribution in [2.24, 2.45) is 7.05 Å². The van der Waals surface area contributed by atoms with Gasteiger partial charge in [-0.1, -0.05) is 43.3 Å². The van der Waals surface area contributed by atoms with Gasteiger partial charge in [0.15, 0.2) is 0 Å². The molecule has 2 aromatic carbocycles. The van der Waals surface area contributed by atoms with Gasteiger partial charge in [0.2, 0.25) is 5.88 Å². The van der Waals surface area contributed by atoms with E-state index in [1.165, 1.54) is 5.39 Å². The van der Waals surface area contributed by atoms with E-state index in [0.717, 1.165) is 34.5 Å². The van der Waals surface area contributed by atoms with Gasteiger partial charge >= 0.3 is 0 Å². The van der Waals surface area contributed by atoms with Gasteiger partial charge in [-0.15, -0.1) is 0 Å². The van der Waals surface area contributed by atoms with Gasteiger partial charge in [-0.3, -0.25) is 0 Å². The number of hydrogen-bond acceptors (Lipinski definition) is 4. The topological polar surface area (TPSA) is 59.3 Å². The van der Waals surface area contributed by atoms with Crippen LogP contribution in [0.3, 0.4) is 0 Å². The molecule has 0 aliphatic rings. The van der Waals surface area contributed by atoms with Gasteiger partial charge in [-0.25, -0.2) is 4.68 Å². The maximum Gasteiger partial charge on any atom is 0.216 e. The molecule has 2 N–H and O–H groups in total. The number of fused-ring (bicyclic) bond motifs is 1. The van der Waals surface area contributed by atoms with Crippen LogP contribution >= 0.6 is 0 Å². The third-order valence-electron chi connectivity index (χ3n) is 4.50. The summed E-state index contributed by atoms with van der Waals surface area (Å²) in [4.78, 5) is 0. The Morgan fingerprint density at radius 2 is 1.96 bits per heavy atom. The summed E-state index contributed by atoms with van der Waals surface area (Å²) in [6, 6.07) is 14.2. The molecular formula is C20H25N3O2. The van der Waals surface area contributed by atoms with Crippen LogP contribution in [0.25, 0.3) is 10.8 Å². The van der Waals surface area contributed by atoms with E-state index in [1.807, 2.05) is 37.4 Å². The smallest absolute Gasteiger partial charge is 0.216 e. The number of aliphatic hydroxyl groups is 1. The zero-order chi connectivity index (χ0) is 17.8. The van der Waals surface area contributed by atoms with E-state index in [-0.39, 0.29) is 0 Å².